The Hall–Kier alpha value is -3.03. The molecule has 1 aliphatic rings. The van der Waals surface area contributed by atoms with Gasteiger partial charge in [0.2, 0.25) is 5.76 Å². The number of carbonyl (C=O) groups excluding carboxylic acids is 1. The van der Waals surface area contributed by atoms with Crippen LogP contribution in [0, 0.1) is 6.92 Å². The van der Waals surface area contributed by atoms with Crippen LogP contribution in [0.5, 0.6) is 0 Å². The van der Waals surface area contributed by atoms with Crippen molar-refractivity contribution >= 4 is 5.91 Å². The van der Waals surface area contributed by atoms with Gasteiger partial charge < -0.3 is 13.8 Å². The van der Waals surface area contributed by atoms with E-state index in [0.29, 0.717) is 36.3 Å². The van der Waals surface area contributed by atoms with Gasteiger partial charge in [0.25, 0.3) is 11.8 Å². The molecule has 4 heterocycles. The Kier molecular flexibility index (Phi) is 3.56. The maximum absolute atomic E-state index is 12.5. The van der Waals surface area contributed by atoms with Crippen LogP contribution in [0.15, 0.2) is 39.9 Å². The van der Waals surface area contributed by atoms with Gasteiger partial charge in [0.1, 0.15) is 0 Å². The molecule has 24 heavy (non-hydrogen) atoms. The third-order valence-electron chi connectivity index (χ3n) is 4.13. The fourth-order valence-corrected chi connectivity index (χ4v) is 2.81. The van der Waals surface area contributed by atoms with Crippen LogP contribution in [0.4, 0.5) is 0 Å². The molecule has 0 spiro atoms. The zero-order valence-electron chi connectivity index (χ0n) is 13.0. The quantitative estimate of drug-likeness (QED) is 0.726. The van der Waals surface area contributed by atoms with Crippen molar-refractivity contribution in [2.45, 2.75) is 19.3 Å². The topological polar surface area (TPSA) is 98.2 Å². The molecule has 1 aliphatic heterocycles. The Balaban J connectivity index is 1.49. The zero-order chi connectivity index (χ0) is 16.5. The third kappa shape index (κ3) is 2.55. The molecule has 3 aromatic heterocycles. The van der Waals surface area contributed by atoms with Crippen LogP contribution in [0.2, 0.25) is 0 Å². The van der Waals surface area contributed by atoms with Crippen molar-refractivity contribution in [2.75, 3.05) is 13.1 Å². The van der Waals surface area contributed by atoms with Crippen molar-refractivity contribution in [1.29, 1.82) is 0 Å². The SMILES string of the molecule is Cc1ncoc1C(=O)N1CCC(c2noc(-c3cccnc3)n2)C1. The molecule has 3 aromatic rings. The molecule has 8 nitrogen and oxygen atoms in total. The largest absolute Gasteiger partial charge is 0.438 e. The van der Waals surface area contributed by atoms with E-state index in [1.54, 1.807) is 24.2 Å². The van der Waals surface area contributed by atoms with Gasteiger partial charge in [0.05, 0.1) is 11.3 Å². The van der Waals surface area contributed by atoms with Crippen LogP contribution in [-0.4, -0.2) is 44.0 Å². The van der Waals surface area contributed by atoms with Crippen molar-refractivity contribution in [1.82, 2.24) is 25.0 Å². The monoisotopic (exact) mass is 325 g/mol. The zero-order valence-corrected chi connectivity index (χ0v) is 13.0. The van der Waals surface area contributed by atoms with Gasteiger partial charge in [-0.15, -0.1) is 0 Å². The summed E-state index contributed by atoms with van der Waals surface area (Å²) in [5.41, 5.74) is 1.38. The Morgan fingerprint density at radius 2 is 2.33 bits per heavy atom. The van der Waals surface area contributed by atoms with E-state index in [1.807, 2.05) is 12.1 Å². The molecule has 1 amide bonds. The normalized spacial score (nSPS) is 17.4. The summed E-state index contributed by atoms with van der Waals surface area (Å²) < 4.78 is 10.5. The fourth-order valence-electron chi connectivity index (χ4n) is 2.81. The molecule has 8 heteroatoms. The van der Waals surface area contributed by atoms with Gasteiger partial charge >= 0.3 is 0 Å². The molecular formula is C16H15N5O3. The van der Waals surface area contributed by atoms with E-state index >= 15 is 0 Å². The molecule has 122 valence electrons. The van der Waals surface area contributed by atoms with Gasteiger partial charge in [-0.3, -0.25) is 9.78 Å². The molecule has 1 unspecified atom stereocenters. The minimum atomic E-state index is -0.150. The van der Waals surface area contributed by atoms with Crippen molar-refractivity contribution in [3.8, 4) is 11.5 Å². The number of carbonyl (C=O) groups is 1. The van der Waals surface area contributed by atoms with Crippen LogP contribution >= 0.6 is 0 Å². The Labute approximate surface area is 137 Å². The number of pyridine rings is 1. The van der Waals surface area contributed by atoms with E-state index in [2.05, 4.69) is 20.1 Å². The summed E-state index contributed by atoms with van der Waals surface area (Å²) in [5.74, 6) is 1.24. The van der Waals surface area contributed by atoms with E-state index < -0.39 is 0 Å². The van der Waals surface area contributed by atoms with Crippen LogP contribution in [0.1, 0.15) is 34.4 Å². The van der Waals surface area contributed by atoms with E-state index in [1.165, 1.54) is 6.39 Å². The van der Waals surface area contributed by atoms with Crippen LogP contribution in [0.25, 0.3) is 11.5 Å². The molecule has 0 aromatic carbocycles. The Bertz CT molecular complexity index is 857. The van der Waals surface area contributed by atoms with Gasteiger partial charge in [-0.25, -0.2) is 4.98 Å². The highest BCUT2D eigenvalue weighted by atomic mass is 16.5. The summed E-state index contributed by atoms with van der Waals surface area (Å²) in [5, 5.41) is 4.06. The first-order valence-electron chi connectivity index (χ1n) is 7.65. The summed E-state index contributed by atoms with van der Waals surface area (Å²) in [6, 6.07) is 3.68. The van der Waals surface area contributed by atoms with Gasteiger partial charge in [-0.2, -0.15) is 4.98 Å². The number of aromatic nitrogens is 4. The molecule has 1 saturated heterocycles. The smallest absolute Gasteiger partial charge is 0.291 e. The number of aryl methyl sites for hydroxylation is 1. The Morgan fingerprint density at radius 1 is 1.42 bits per heavy atom. The van der Waals surface area contributed by atoms with Crippen LogP contribution < -0.4 is 0 Å². The summed E-state index contributed by atoms with van der Waals surface area (Å²) in [4.78, 5) is 26.6. The lowest BCUT2D eigenvalue weighted by molar-refractivity contribution is 0.0758. The van der Waals surface area contributed by atoms with Crippen molar-refractivity contribution in [2.24, 2.45) is 0 Å². The fraction of sp³-hybridized carbons (Fsp3) is 0.312. The van der Waals surface area contributed by atoms with Gasteiger partial charge in [-0.05, 0) is 25.5 Å². The standard InChI is InChI=1S/C16H15N5O3/c1-10-13(23-9-18-10)16(22)21-6-4-12(8-21)14-19-15(24-20-14)11-3-2-5-17-7-11/h2-3,5,7,9,12H,4,6,8H2,1H3. The number of hydrogen-bond donors (Lipinski definition) is 0. The molecular weight excluding hydrogens is 310 g/mol. The highest BCUT2D eigenvalue weighted by Gasteiger charge is 2.33. The molecule has 0 saturated carbocycles. The summed E-state index contributed by atoms with van der Waals surface area (Å²) in [7, 11) is 0. The summed E-state index contributed by atoms with van der Waals surface area (Å²) in [6.45, 7) is 2.91. The first kappa shape index (κ1) is 14.6. The summed E-state index contributed by atoms with van der Waals surface area (Å²) >= 11 is 0. The molecule has 0 radical (unpaired) electrons. The number of nitrogens with zero attached hydrogens (tertiary/aromatic N) is 5. The molecule has 0 bridgehead atoms. The number of oxazole rings is 1. The summed E-state index contributed by atoms with van der Waals surface area (Å²) in [6.07, 6.45) is 5.43. The van der Waals surface area contributed by atoms with E-state index in [0.717, 1.165) is 12.0 Å². The van der Waals surface area contributed by atoms with Gasteiger partial charge in [0.15, 0.2) is 12.2 Å². The first-order valence-corrected chi connectivity index (χ1v) is 7.65. The number of amides is 1. The predicted octanol–water partition coefficient (Wildman–Crippen LogP) is 2.06. The Morgan fingerprint density at radius 3 is 3.08 bits per heavy atom. The average Bonchev–Trinajstić information content (AvgIpc) is 3.35. The van der Waals surface area contributed by atoms with E-state index in [-0.39, 0.29) is 11.8 Å². The second kappa shape index (κ2) is 5.88. The third-order valence-corrected chi connectivity index (χ3v) is 4.13. The van der Waals surface area contributed by atoms with Crippen molar-refractivity contribution in [3.05, 3.63) is 48.2 Å². The molecule has 0 aliphatic carbocycles. The van der Waals surface area contributed by atoms with E-state index in [4.69, 9.17) is 8.94 Å². The van der Waals surface area contributed by atoms with Gasteiger partial charge in [-0.1, -0.05) is 5.16 Å². The number of hydrogen-bond acceptors (Lipinski definition) is 7. The highest BCUT2D eigenvalue weighted by Crippen LogP contribution is 2.28. The molecule has 1 atom stereocenters. The minimum absolute atomic E-state index is 0.0475. The van der Waals surface area contributed by atoms with Crippen LogP contribution in [0.3, 0.4) is 0 Å². The molecule has 4 rings (SSSR count). The highest BCUT2D eigenvalue weighted by molar-refractivity contribution is 5.92. The lowest BCUT2D eigenvalue weighted by Crippen LogP contribution is -2.28. The number of rotatable bonds is 3. The maximum atomic E-state index is 12.5. The average molecular weight is 325 g/mol. The minimum Gasteiger partial charge on any atom is -0.438 e. The second-order valence-electron chi connectivity index (χ2n) is 5.70. The maximum Gasteiger partial charge on any atom is 0.291 e. The van der Waals surface area contributed by atoms with E-state index in [9.17, 15) is 4.79 Å². The van der Waals surface area contributed by atoms with Gasteiger partial charge in [0, 0.05) is 31.4 Å². The lowest BCUT2D eigenvalue weighted by Gasteiger charge is -2.14. The second-order valence-corrected chi connectivity index (χ2v) is 5.70. The lowest BCUT2D eigenvalue weighted by atomic mass is 10.1. The van der Waals surface area contributed by atoms with Crippen molar-refractivity contribution in [3.63, 3.8) is 0 Å². The molecule has 0 N–H and O–H groups in total. The van der Waals surface area contributed by atoms with Crippen LogP contribution in [-0.2, 0) is 0 Å². The predicted molar refractivity (Wildman–Crippen MR) is 82.0 cm³/mol. The molecule has 1 fully saturated rings. The number of likely N-dealkylation sites (tertiary alicyclic amines) is 1. The first-order chi connectivity index (χ1) is 11.7. The van der Waals surface area contributed by atoms with Crippen molar-refractivity contribution < 1.29 is 13.7 Å².